The molecule has 5 nitrogen and oxygen atoms in total. The minimum absolute atomic E-state index is 0.0634. The van der Waals surface area contributed by atoms with Crippen molar-refractivity contribution >= 4 is 17.5 Å². The highest BCUT2D eigenvalue weighted by molar-refractivity contribution is 5.96. The van der Waals surface area contributed by atoms with Gasteiger partial charge in [-0.05, 0) is 18.1 Å². The number of nitrogens with zero attached hydrogens (tertiary/aromatic N) is 1. The summed E-state index contributed by atoms with van der Waals surface area (Å²) in [6.45, 7) is 0.374. The maximum Gasteiger partial charge on any atom is 0.235 e. The molecule has 2 rings (SSSR count). The van der Waals surface area contributed by atoms with Crippen LogP contribution in [0.2, 0.25) is 0 Å². The van der Waals surface area contributed by atoms with Crippen LogP contribution in [0, 0.1) is 0 Å². The molecule has 90 valence electrons. The fourth-order valence-corrected chi connectivity index (χ4v) is 2.03. The number of rotatable bonds is 3. The molecule has 1 aromatic carbocycles. The first-order chi connectivity index (χ1) is 8.22. The number of carbonyl (C=O) groups is 2. The van der Waals surface area contributed by atoms with Crippen molar-refractivity contribution < 1.29 is 9.59 Å². The number of nitrogens with one attached hydrogen (secondary N) is 1. The first-order valence-corrected chi connectivity index (χ1v) is 5.60. The third-order valence-electron chi connectivity index (χ3n) is 2.92. The summed E-state index contributed by atoms with van der Waals surface area (Å²) in [6.07, 6.45) is 1.49. The van der Waals surface area contributed by atoms with Gasteiger partial charge in [0.25, 0.3) is 0 Å². The molecule has 5 heteroatoms. The van der Waals surface area contributed by atoms with Crippen molar-refractivity contribution in [1.82, 2.24) is 5.43 Å². The molecule has 17 heavy (non-hydrogen) atoms. The largest absolute Gasteiger partial charge is 0.312 e. The Morgan fingerprint density at radius 1 is 1.35 bits per heavy atom. The van der Waals surface area contributed by atoms with Gasteiger partial charge in [0, 0.05) is 25.1 Å². The van der Waals surface area contributed by atoms with E-state index in [-0.39, 0.29) is 18.2 Å². The van der Waals surface area contributed by atoms with E-state index < -0.39 is 0 Å². The number of hydrazine groups is 1. The van der Waals surface area contributed by atoms with Gasteiger partial charge in [0.05, 0.1) is 0 Å². The van der Waals surface area contributed by atoms with Crippen molar-refractivity contribution in [2.24, 2.45) is 5.84 Å². The first-order valence-electron chi connectivity index (χ1n) is 5.60. The van der Waals surface area contributed by atoms with Crippen LogP contribution in [-0.4, -0.2) is 18.4 Å². The molecule has 0 saturated heterocycles. The number of fused-ring (bicyclic) bond motifs is 1. The van der Waals surface area contributed by atoms with Crippen LogP contribution in [0.25, 0.3) is 0 Å². The van der Waals surface area contributed by atoms with Crippen molar-refractivity contribution in [3.63, 3.8) is 0 Å². The average molecular weight is 233 g/mol. The lowest BCUT2D eigenvalue weighted by atomic mass is 10.0. The fourth-order valence-electron chi connectivity index (χ4n) is 2.03. The summed E-state index contributed by atoms with van der Waals surface area (Å²) >= 11 is 0. The second-order valence-electron chi connectivity index (χ2n) is 3.99. The number of hydrogen-bond acceptors (Lipinski definition) is 3. The molecule has 0 spiro atoms. The van der Waals surface area contributed by atoms with E-state index in [1.165, 1.54) is 0 Å². The minimum Gasteiger partial charge on any atom is -0.312 e. The van der Waals surface area contributed by atoms with Crippen LogP contribution < -0.4 is 16.2 Å². The number of aryl methyl sites for hydroxylation is 1. The normalized spacial score (nSPS) is 14.4. The van der Waals surface area contributed by atoms with Crippen molar-refractivity contribution in [3.05, 3.63) is 29.8 Å². The number of hydrogen-bond donors (Lipinski definition) is 2. The second-order valence-corrected chi connectivity index (χ2v) is 3.99. The summed E-state index contributed by atoms with van der Waals surface area (Å²) in [7, 11) is 0. The molecule has 0 radical (unpaired) electrons. The highest BCUT2D eigenvalue weighted by Crippen LogP contribution is 2.27. The zero-order valence-corrected chi connectivity index (χ0v) is 9.48. The van der Waals surface area contributed by atoms with Gasteiger partial charge in [-0.1, -0.05) is 18.2 Å². The van der Waals surface area contributed by atoms with E-state index in [0.29, 0.717) is 13.0 Å². The van der Waals surface area contributed by atoms with E-state index in [9.17, 15) is 9.59 Å². The quantitative estimate of drug-likeness (QED) is 0.449. The molecule has 0 unspecified atom stereocenters. The Bertz CT molecular complexity index is 445. The molecule has 0 fully saturated rings. The molecule has 0 bridgehead atoms. The zero-order chi connectivity index (χ0) is 12.3. The van der Waals surface area contributed by atoms with E-state index in [2.05, 4.69) is 5.43 Å². The SMILES string of the molecule is NNC(=O)CCN1C(=O)CCc2ccccc21. The van der Waals surface area contributed by atoms with Crippen LogP contribution in [0.15, 0.2) is 24.3 Å². The monoisotopic (exact) mass is 233 g/mol. The molecule has 1 aromatic rings. The number of carbonyl (C=O) groups excluding carboxylic acids is 2. The van der Waals surface area contributed by atoms with E-state index in [1.54, 1.807) is 4.90 Å². The van der Waals surface area contributed by atoms with Crippen LogP contribution in [0.5, 0.6) is 0 Å². The number of amides is 2. The molecule has 0 atom stereocenters. The lowest BCUT2D eigenvalue weighted by Gasteiger charge is -2.29. The van der Waals surface area contributed by atoms with Crippen LogP contribution in [-0.2, 0) is 16.0 Å². The zero-order valence-electron chi connectivity index (χ0n) is 9.48. The Labute approximate surface area is 99.6 Å². The molecule has 1 heterocycles. The Balaban J connectivity index is 2.15. The van der Waals surface area contributed by atoms with E-state index in [4.69, 9.17) is 5.84 Å². The highest BCUT2D eigenvalue weighted by atomic mass is 16.2. The standard InChI is InChI=1S/C12H15N3O2/c13-14-11(16)7-8-15-10-4-2-1-3-9(10)5-6-12(15)17/h1-4H,5-8,13H2,(H,14,16). The lowest BCUT2D eigenvalue weighted by Crippen LogP contribution is -2.39. The average Bonchev–Trinajstić information content (AvgIpc) is 2.37. The third-order valence-corrected chi connectivity index (χ3v) is 2.92. The number of anilines is 1. The van der Waals surface area contributed by atoms with E-state index in [0.717, 1.165) is 17.7 Å². The van der Waals surface area contributed by atoms with Gasteiger partial charge >= 0.3 is 0 Å². The Kier molecular flexibility index (Phi) is 3.39. The molecular formula is C12H15N3O2. The van der Waals surface area contributed by atoms with Gasteiger partial charge in [-0.25, -0.2) is 5.84 Å². The molecule has 3 N–H and O–H groups in total. The second kappa shape index (κ2) is 4.97. The molecule has 1 aliphatic heterocycles. The van der Waals surface area contributed by atoms with Crippen molar-refractivity contribution in [3.8, 4) is 0 Å². The van der Waals surface area contributed by atoms with Crippen molar-refractivity contribution in [2.75, 3.05) is 11.4 Å². The number of nitrogens with two attached hydrogens (primary N) is 1. The van der Waals surface area contributed by atoms with Gasteiger partial charge in [-0.2, -0.15) is 0 Å². The predicted molar refractivity (Wildman–Crippen MR) is 64.1 cm³/mol. The Hall–Kier alpha value is -1.88. The number of para-hydroxylation sites is 1. The van der Waals surface area contributed by atoms with Crippen molar-refractivity contribution in [2.45, 2.75) is 19.3 Å². The molecule has 1 aliphatic rings. The van der Waals surface area contributed by atoms with Crippen molar-refractivity contribution in [1.29, 1.82) is 0 Å². The molecular weight excluding hydrogens is 218 g/mol. The summed E-state index contributed by atoms with van der Waals surface area (Å²) in [4.78, 5) is 24.6. The Morgan fingerprint density at radius 2 is 2.12 bits per heavy atom. The van der Waals surface area contributed by atoms with Crippen LogP contribution >= 0.6 is 0 Å². The molecule has 2 amide bonds. The van der Waals surface area contributed by atoms with Gasteiger partial charge in [0.1, 0.15) is 0 Å². The van der Waals surface area contributed by atoms with Gasteiger partial charge in [-0.15, -0.1) is 0 Å². The summed E-state index contributed by atoms with van der Waals surface area (Å²) < 4.78 is 0. The van der Waals surface area contributed by atoms with Gasteiger partial charge in [0.15, 0.2) is 0 Å². The lowest BCUT2D eigenvalue weighted by molar-refractivity contribution is -0.121. The van der Waals surface area contributed by atoms with E-state index in [1.807, 2.05) is 24.3 Å². The van der Waals surface area contributed by atoms with Crippen LogP contribution in [0.1, 0.15) is 18.4 Å². The highest BCUT2D eigenvalue weighted by Gasteiger charge is 2.23. The summed E-state index contributed by atoms with van der Waals surface area (Å²) in [5.74, 6) is 4.81. The number of benzene rings is 1. The summed E-state index contributed by atoms with van der Waals surface area (Å²) in [5, 5.41) is 0. The van der Waals surface area contributed by atoms with Crippen LogP contribution in [0.4, 0.5) is 5.69 Å². The molecule has 0 aliphatic carbocycles. The maximum atomic E-state index is 11.8. The maximum absolute atomic E-state index is 11.8. The predicted octanol–water partition coefficient (Wildman–Crippen LogP) is 0.346. The fraction of sp³-hybridized carbons (Fsp3) is 0.333. The smallest absolute Gasteiger partial charge is 0.235 e. The minimum atomic E-state index is -0.263. The first kappa shape index (κ1) is 11.6. The van der Waals surface area contributed by atoms with Gasteiger partial charge in [0.2, 0.25) is 11.8 Å². The van der Waals surface area contributed by atoms with E-state index >= 15 is 0 Å². The van der Waals surface area contributed by atoms with Gasteiger partial charge < -0.3 is 4.90 Å². The summed E-state index contributed by atoms with van der Waals surface area (Å²) in [5.41, 5.74) is 4.13. The topological polar surface area (TPSA) is 75.4 Å². The molecule has 0 saturated carbocycles. The Morgan fingerprint density at radius 3 is 2.88 bits per heavy atom. The summed E-state index contributed by atoms with van der Waals surface area (Å²) in [6, 6.07) is 7.78. The van der Waals surface area contributed by atoms with Crippen LogP contribution in [0.3, 0.4) is 0 Å². The van der Waals surface area contributed by atoms with Gasteiger partial charge in [-0.3, -0.25) is 15.0 Å². The third kappa shape index (κ3) is 2.45. The molecule has 0 aromatic heterocycles.